The smallest absolute Gasteiger partial charge is 0.257 e. The molecular weight excluding hydrogens is 311 g/mol. The van der Waals surface area contributed by atoms with Crippen LogP contribution in [0.4, 0.5) is 10.1 Å². The van der Waals surface area contributed by atoms with Gasteiger partial charge in [0.2, 0.25) is 5.95 Å². The molecule has 2 rings (SSSR count). The van der Waals surface area contributed by atoms with E-state index in [1.807, 2.05) is 26.0 Å². The molecular formula is C14H12BrFN2O. The number of carbonyl (C=O) groups is 1. The van der Waals surface area contributed by atoms with E-state index in [-0.39, 0.29) is 5.91 Å². The maximum atomic E-state index is 12.7. The van der Waals surface area contributed by atoms with Crippen LogP contribution in [0, 0.1) is 19.8 Å². The van der Waals surface area contributed by atoms with Crippen molar-refractivity contribution in [3.05, 3.63) is 57.6 Å². The Balaban J connectivity index is 2.26. The third kappa shape index (κ3) is 3.17. The number of halogens is 2. The number of anilines is 1. The molecule has 0 aliphatic rings. The third-order valence-electron chi connectivity index (χ3n) is 2.73. The van der Waals surface area contributed by atoms with Crippen molar-refractivity contribution in [2.75, 3.05) is 5.32 Å². The highest BCUT2D eigenvalue weighted by Crippen LogP contribution is 2.25. The first-order valence-electron chi connectivity index (χ1n) is 5.67. The summed E-state index contributed by atoms with van der Waals surface area (Å²) in [4.78, 5) is 15.5. The van der Waals surface area contributed by atoms with Gasteiger partial charge in [-0.15, -0.1) is 0 Å². The standard InChI is InChI=1S/C14H12BrFN2O/c1-8-5-11(15)6-9(2)13(8)18-14(19)10-3-4-12(16)17-7-10/h3-7H,1-2H3,(H,18,19). The van der Waals surface area contributed by atoms with Crippen molar-refractivity contribution in [2.24, 2.45) is 0 Å². The Morgan fingerprint density at radius 1 is 1.26 bits per heavy atom. The van der Waals surface area contributed by atoms with Gasteiger partial charge in [-0.25, -0.2) is 4.98 Å². The van der Waals surface area contributed by atoms with Crippen molar-refractivity contribution < 1.29 is 9.18 Å². The molecule has 1 heterocycles. The van der Waals surface area contributed by atoms with Crippen LogP contribution < -0.4 is 5.32 Å². The highest BCUT2D eigenvalue weighted by molar-refractivity contribution is 9.10. The number of amides is 1. The van der Waals surface area contributed by atoms with Gasteiger partial charge in [0.25, 0.3) is 5.91 Å². The fourth-order valence-electron chi connectivity index (χ4n) is 1.80. The number of pyridine rings is 1. The second kappa shape index (κ2) is 5.48. The Bertz CT molecular complexity index is 603. The molecule has 1 aromatic carbocycles. The summed E-state index contributed by atoms with van der Waals surface area (Å²) in [5.74, 6) is -0.909. The van der Waals surface area contributed by atoms with E-state index in [0.29, 0.717) is 5.56 Å². The summed E-state index contributed by atoms with van der Waals surface area (Å²) in [5.41, 5.74) is 2.99. The number of rotatable bonds is 2. The fourth-order valence-corrected chi connectivity index (χ4v) is 2.49. The van der Waals surface area contributed by atoms with Crippen molar-refractivity contribution >= 4 is 27.5 Å². The second-order valence-corrected chi connectivity index (χ2v) is 5.15. The van der Waals surface area contributed by atoms with E-state index in [1.165, 1.54) is 12.3 Å². The minimum absolute atomic E-state index is 0.305. The van der Waals surface area contributed by atoms with Crippen molar-refractivity contribution in [1.29, 1.82) is 0 Å². The Morgan fingerprint density at radius 3 is 2.42 bits per heavy atom. The van der Waals surface area contributed by atoms with E-state index < -0.39 is 5.95 Å². The van der Waals surface area contributed by atoms with E-state index >= 15 is 0 Å². The summed E-state index contributed by atoms with van der Waals surface area (Å²) in [5, 5.41) is 2.82. The number of hydrogen-bond acceptors (Lipinski definition) is 2. The molecule has 0 bridgehead atoms. The Morgan fingerprint density at radius 2 is 1.89 bits per heavy atom. The lowest BCUT2D eigenvalue weighted by Gasteiger charge is -2.12. The van der Waals surface area contributed by atoms with Crippen molar-refractivity contribution in [3.63, 3.8) is 0 Å². The van der Waals surface area contributed by atoms with Crippen LogP contribution >= 0.6 is 15.9 Å². The number of aryl methyl sites for hydroxylation is 2. The monoisotopic (exact) mass is 322 g/mol. The first-order valence-corrected chi connectivity index (χ1v) is 6.46. The van der Waals surface area contributed by atoms with Gasteiger partial charge in [-0.3, -0.25) is 4.79 Å². The maximum absolute atomic E-state index is 12.7. The predicted octanol–water partition coefficient (Wildman–Crippen LogP) is 3.85. The summed E-state index contributed by atoms with van der Waals surface area (Å²) in [7, 11) is 0. The lowest BCUT2D eigenvalue weighted by atomic mass is 10.1. The van der Waals surface area contributed by atoms with E-state index in [9.17, 15) is 9.18 Å². The van der Waals surface area contributed by atoms with Gasteiger partial charge >= 0.3 is 0 Å². The first-order chi connectivity index (χ1) is 8.97. The molecule has 1 aromatic heterocycles. The minimum atomic E-state index is -0.604. The van der Waals surface area contributed by atoms with Crippen molar-refractivity contribution in [3.8, 4) is 0 Å². The number of nitrogens with zero attached hydrogens (tertiary/aromatic N) is 1. The van der Waals surface area contributed by atoms with Gasteiger partial charge in [0.15, 0.2) is 0 Å². The average Bonchev–Trinajstić information content (AvgIpc) is 2.34. The van der Waals surface area contributed by atoms with Crippen LogP contribution in [-0.2, 0) is 0 Å². The molecule has 0 unspecified atom stereocenters. The lowest BCUT2D eigenvalue weighted by Crippen LogP contribution is -2.14. The quantitative estimate of drug-likeness (QED) is 0.853. The molecule has 0 atom stereocenters. The average molecular weight is 323 g/mol. The van der Waals surface area contributed by atoms with Gasteiger partial charge in [0.1, 0.15) is 0 Å². The zero-order valence-corrected chi connectivity index (χ0v) is 12.1. The van der Waals surface area contributed by atoms with Crippen LogP contribution in [0.2, 0.25) is 0 Å². The van der Waals surface area contributed by atoms with E-state index in [4.69, 9.17) is 0 Å². The molecule has 0 radical (unpaired) electrons. The Kier molecular flexibility index (Phi) is 3.95. The summed E-state index contributed by atoms with van der Waals surface area (Å²) in [6, 6.07) is 6.41. The van der Waals surface area contributed by atoms with Gasteiger partial charge in [0, 0.05) is 16.4 Å². The topological polar surface area (TPSA) is 42.0 Å². The molecule has 0 aliphatic carbocycles. The molecule has 0 saturated carbocycles. The summed E-state index contributed by atoms with van der Waals surface area (Å²) >= 11 is 3.40. The molecule has 19 heavy (non-hydrogen) atoms. The Hall–Kier alpha value is -1.75. The van der Waals surface area contributed by atoms with Crippen LogP contribution in [0.25, 0.3) is 0 Å². The molecule has 5 heteroatoms. The van der Waals surface area contributed by atoms with Gasteiger partial charge in [-0.1, -0.05) is 15.9 Å². The van der Waals surface area contributed by atoms with Crippen LogP contribution in [0.3, 0.4) is 0 Å². The van der Waals surface area contributed by atoms with Gasteiger partial charge in [-0.05, 0) is 49.2 Å². The second-order valence-electron chi connectivity index (χ2n) is 4.24. The number of carbonyl (C=O) groups excluding carboxylic acids is 1. The summed E-state index contributed by atoms with van der Waals surface area (Å²) in [6.07, 6.45) is 1.22. The molecule has 0 aliphatic heterocycles. The highest BCUT2D eigenvalue weighted by atomic mass is 79.9. The molecule has 0 fully saturated rings. The highest BCUT2D eigenvalue weighted by Gasteiger charge is 2.11. The molecule has 2 aromatic rings. The van der Waals surface area contributed by atoms with E-state index in [2.05, 4.69) is 26.2 Å². The molecule has 0 saturated heterocycles. The number of aromatic nitrogens is 1. The zero-order chi connectivity index (χ0) is 14.0. The number of hydrogen-bond donors (Lipinski definition) is 1. The lowest BCUT2D eigenvalue weighted by molar-refractivity contribution is 0.102. The van der Waals surface area contributed by atoms with Crippen LogP contribution in [0.5, 0.6) is 0 Å². The van der Waals surface area contributed by atoms with Gasteiger partial charge in [0.05, 0.1) is 5.56 Å². The summed E-state index contributed by atoms with van der Waals surface area (Å²) < 4.78 is 13.7. The van der Waals surface area contributed by atoms with Crippen LogP contribution in [0.1, 0.15) is 21.5 Å². The fraction of sp³-hybridized carbons (Fsp3) is 0.143. The molecule has 1 N–H and O–H groups in total. The third-order valence-corrected chi connectivity index (χ3v) is 3.18. The number of benzene rings is 1. The van der Waals surface area contributed by atoms with E-state index in [0.717, 1.165) is 27.4 Å². The molecule has 98 valence electrons. The number of nitrogens with one attached hydrogen (secondary N) is 1. The van der Waals surface area contributed by atoms with Gasteiger partial charge in [-0.2, -0.15) is 4.39 Å². The Labute approximate surface area is 119 Å². The molecule has 0 spiro atoms. The largest absolute Gasteiger partial charge is 0.321 e. The normalized spacial score (nSPS) is 10.3. The zero-order valence-electron chi connectivity index (χ0n) is 10.5. The molecule has 1 amide bonds. The van der Waals surface area contributed by atoms with Crippen molar-refractivity contribution in [1.82, 2.24) is 4.98 Å². The summed E-state index contributed by atoms with van der Waals surface area (Å²) in [6.45, 7) is 3.83. The van der Waals surface area contributed by atoms with Crippen LogP contribution in [0.15, 0.2) is 34.9 Å². The van der Waals surface area contributed by atoms with Crippen molar-refractivity contribution in [2.45, 2.75) is 13.8 Å². The minimum Gasteiger partial charge on any atom is -0.321 e. The predicted molar refractivity (Wildman–Crippen MR) is 75.8 cm³/mol. The first kappa shape index (κ1) is 13.7. The van der Waals surface area contributed by atoms with Gasteiger partial charge < -0.3 is 5.32 Å². The van der Waals surface area contributed by atoms with Crippen LogP contribution in [-0.4, -0.2) is 10.9 Å². The maximum Gasteiger partial charge on any atom is 0.257 e. The molecule has 3 nitrogen and oxygen atoms in total. The van der Waals surface area contributed by atoms with E-state index in [1.54, 1.807) is 0 Å². The SMILES string of the molecule is Cc1cc(Br)cc(C)c1NC(=O)c1ccc(F)nc1.